The molecular formula is C10H14N4O2S2. The number of rotatable bonds is 3. The number of aryl methyl sites for hydroxylation is 4. The van der Waals surface area contributed by atoms with Crippen molar-refractivity contribution in [1.29, 1.82) is 0 Å². The van der Waals surface area contributed by atoms with Crippen LogP contribution in [0.4, 0.5) is 5.00 Å². The zero-order chi connectivity index (χ0) is 13.5. The molecule has 2 aromatic heterocycles. The third-order valence-corrected chi connectivity index (χ3v) is 5.13. The molecule has 0 amide bonds. The lowest BCUT2D eigenvalue weighted by atomic mass is 10.4. The molecule has 0 aromatic carbocycles. The Kier molecular flexibility index (Phi) is 3.16. The van der Waals surface area contributed by atoms with Crippen LogP contribution in [-0.2, 0) is 17.1 Å². The first-order chi connectivity index (χ1) is 8.31. The second-order valence-corrected chi connectivity index (χ2v) is 6.81. The lowest BCUT2D eigenvalue weighted by Gasteiger charge is -2.07. The van der Waals surface area contributed by atoms with Crippen LogP contribution in [0.5, 0.6) is 0 Å². The molecule has 6 nitrogen and oxygen atoms in total. The average Bonchev–Trinajstić information content (AvgIpc) is 2.70. The number of hydrogen-bond donors (Lipinski definition) is 1. The smallest absolute Gasteiger partial charge is 0.268 e. The van der Waals surface area contributed by atoms with Crippen LogP contribution in [0.3, 0.4) is 0 Å². The molecule has 8 heteroatoms. The Labute approximate surface area is 110 Å². The fourth-order valence-corrected chi connectivity index (χ4v) is 4.25. The minimum atomic E-state index is -3.62. The van der Waals surface area contributed by atoms with Gasteiger partial charge in [-0.25, -0.2) is 4.98 Å². The predicted octanol–water partition coefficient (Wildman–Crippen LogP) is 1.60. The van der Waals surface area contributed by atoms with Gasteiger partial charge in [0.2, 0.25) is 0 Å². The van der Waals surface area contributed by atoms with Crippen LogP contribution in [0.25, 0.3) is 0 Å². The van der Waals surface area contributed by atoms with E-state index in [2.05, 4.69) is 14.8 Å². The fraction of sp³-hybridized carbons (Fsp3) is 0.400. The van der Waals surface area contributed by atoms with Gasteiger partial charge in [0.05, 0.1) is 16.9 Å². The number of hydrogen-bond acceptors (Lipinski definition) is 5. The molecular weight excluding hydrogens is 272 g/mol. The van der Waals surface area contributed by atoms with E-state index >= 15 is 0 Å². The van der Waals surface area contributed by atoms with E-state index in [-0.39, 0.29) is 5.03 Å². The standard InChI is InChI=1S/C10H14N4O2S2/c1-6-5-11-14(4)10(6)18(15,16)13-9-7(2)12-8(3)17-9/h5,13H,1-4H3. The van der Waals surface area contributed by atoms with E-state index in [1.165, 1.54) is 22.2 Å². The number of aromatic nitrogens is 3. The summed E-state index contributed by atoms with van der Waals surface area (Å²) in [6, 6.07) is 0. The molecule has 0 aliphatic carbocycles. The van der Waals surface area contributed by atoms with Gasteiger partial charge in [0.15, 0.2) is 5.03 Å². The highest BCUT2D eigenvalue weighted by molar-refractivity contribution is 7.92. The Hall–Kier alpha value is -1.41. The lowest BCUT2D eigenvalue weighted by molar-refractivity contribution is 0.581. The summed E-state index contributed by atoms with van der Waals surface area (Å²) in [5.74, 6) is 0. The van der Waals surface area contributed by atoms with Crippen LogP contribution in [0, 0.1) is 20.8 Å². The molecule has 0 bridgehead atoms. The van der Waals surface area contributed by atoms with Gasteiger partial charge in [0.1, 0.15) is 5.00 Å². The SMILES string of the molecule is Cc1nc(C)c(NS(=O)(=O)c2c(C)cnn2C)s1. The highest BCUT2D eigenvalue weighted by Gasteiger charge is 2.23. The van der Waals surface area contributed by atoms with Crippen molar-refractivity contribution in [2.24, 2.45) is 7.05 Å². The predicted molar refractivity (Wildman–Crippen MR) is 70.3 cm³/mol. The number of anilines is 1. The van der Waals surface area contributed by atoms with E-state index in [9.17, 15) is 8.42 Å². The van der Waals surface area contributed by atoms with Gasteiger partial charge in [0, 0.05) is 12.6 Å². The monoisotopic (exact) mass is 286 g/mol. The third-order valence-electron chi connectivity index (χ3n) is 2.44. The molecule has 0 saturated carbocycles. The van der Waals surface area contributed by atoms with Crippen molar-refractivity contribution in [3.05, 3.63) is 22.5 Å². The average molecular weight is 286 g/mol. The van der Waals surface area contributed by atoms with E-state index in [4.69, 9.17) is 0 Å². The van der Waals surface area contributed by atoms with Crippen molar-refractivity contribution >= 4 is 26.4 Å². The first-order valence-electron chi connectivity index (χ1n) is 5.26. The zero-order valence-corrected chi connectivity index (χ0v) is 12.2. The van der Waals surface area contributed by atoms with E-state index in [0.29, 0.717) is 16.3 Å². The van der Waals surface area contributed by atoms with Crippen molar-refractivity contribution in [2.45, 2.75) is 25.8 Å². The summed E-state index contributed by atoms with van der Waals surface area (Å²) >= 11 is 1.32. The molecule has 0 aliphatic heterocycles. The minimum absolute atomic E-state index is 0.174. The molecule has 98 valence electrons. The Morgan fingerprint density at radius 3 is 2.44 bits per heavy atom. The van der Waals surface area contributed by atoms with Crippen LogP contribution in [0.2, 0.25) is 0 Å². The molecule has 0 radical (unpaired) electrons. The number of sulfonamides is 1. The van der Waals surface area contributed by atoms with E-state index in [0.717, 1.165) is 5.01 Å². The maximum atomic E-state index is 12.3. The van der Waals surface area contributed by atoms with Crippen molar-refractivity contribution in [1.82, 2.24) is 14.8 Å². The molecule has 0 spiro atoms. The molecule has 2 heterocycles. The van der Waals surface area contributed by atoms with Gasteiger partial charge in [0.25, 0.3) is 10.0 Å². The summed E-state index contributed by atoms with van der Waals surface area (Å²) in [5.41, 5.74) is 1.30. The molecule has 1 N–H and O–H groups in total. The second kappa shape index (κ2) is 4.36. The third kappa shape index (κ3) is 2.25. The maximum absolute atomic E-state index is 12.3. The Bertz CT molecular complexity index is 665. The molecule has 0 aliphatic rings. The largest absolute Gasteiger partial charge is 0.280 e. The quantitative estimate of drug-likeness (QED) is 0.929. The van der Waals surface area contributed by atoms with Gasteiger partial charge in [-0.1, -0.05) is 0 Å². The topological polar surface area (TPSA) is 76.9 Å². The van der Waals surface area contributed by atoms with Crippen molar-refractivity contribution in [3.63, 3.8) is 0 Å². The number of thiazole rings is 1. The van der Waals surface area contributed by atoms with Gasteiger partial charge in [-0.3, -0.25) is 9.40 Å². The summed E-state index contributed by atoms with van der Waals surface area (Å²) < 4.78 is 28.5. The summed E-state index contributed by atoms with van der Waals surface area (Å²) in [6.07, 6.45) is 1.53. The Morgan fingerprint density at radius 1 is 1.33 bits per heavy atom. The molecule has 0 saturated heterocycles. The highest BCUT2D eigenvalue weighted by Crippen LogP contribution is 2.26. The lowest BCUT2D eigenvalue weighted by Crippen LogP contribution is -2.17. The summed E-state index contributed by atoms with van der Waals surface area (Å²) in [7, 11) is -2.02. The number of nitrogens with one attached hydrogen (secondary N) is 1. The van der Waals surface area contributed by atoms with Crippen LogP contribution < -0.4 is 4.72 Å². The normalized spacial score (nSPS) is 11.8. The second-order valence-electron chi connectivity index (χ2n) is 4.01. The van der Waals surface area contributed by atoms with Crippen molar-refractivity contribution in [3.8, 4) is 0 Å². The van der Waals surface area contributed by atoms with Crippen LogP contribution >= 0.6 is 11.3 Å². The van der Waals surface area contributed by atoms with Crippen molar-refractivity contribution in [2.75, 3.05) is 4.72 Å². The van der Waals surface area contributed by atoms with Gasteiger partial charge >= 0.3 is 0 Å². The Morgan fingerprint density at radius 2 is 2.00 bits per heavy atom. The van der Waals surface area contributed by atoms with Gasteiger partial charge in [-0.05, 0) is 20.8 Å². The van der Waals surface area contributed by atoms with Crippen LogP contribution in [-0.4, -0.2) is 23.2 Å². The summed E-state index contributed by atoms with van der Waals surface area (Å²) in [6.45, 7) is 5.33. The number of nitrogens with zero attached hydrogens (tertiary/aromatic N) is 3. The Balaban J connectivity index is 2.42. The zero-order valence-electron chi connectivity index (χ0n) is 10.6. The van der Waals surface area contributed by atoms with Gasteiger partial charge in [-0.15, -0.1) is 11.3 Å². The maximum Gasteiger partial charge on any atom is 0.280 e. The van der Waals surface area contributed by atoms with Crippen LogP contribution in [0.15, 0.2) is 11.2 Å². The van der Waals surface area contributed by atoms with Gasteiger partial charge in [-0.2, -0.15) is 13.5 Å². The fourth-order valence-electron chi connectivity index (χ4n) is 1.72. The van der Waals surface area contributed by atoms with E-state index in [1.807, 2.05) is 6.92 Å². The molecule has 0 atom stereocenters. The van der Waals surface area contributed by atoms with E-state index in [1.54, 1.807) is 20.9 Å². The van der Waals surface area contributed by atoms with Gasteiger partial charge < -0.3 is 0 Å². The highest BCUT2D eigenvalue weighted by atomic mass is 32.2. The molecule has 0 fully saturated rings. The minimum Gasteiger partial charge on any atom is -0.268 e. The first-order valence-corrected chi connectivity index (χ1v) is 7.56. The van der Waals surface area contributed by atoms with Crippen LogP contribution in [0.1, 0.15) is 16.3 Å². The van der Waals surface area contributed by atoms with E-state index < -0.39 is 10.0 Å². The van der Waals surface area contributed by atoms with Crippen molar-refractivity contribution < 1.29 is 8.42 Å². The molecule has 2 rings (SSSR count). The summed E-state index contributed by atoms with van der Waals surface area (Å²) in [5, 5.41) is 5.49. The summed E-state index contributed by atoms with van der Waals surface area (Å²) in [4.78, 5) is 4.19. The first kappa shape index (κ1) is 13.0. The molecule has 2 aromatic rings. The molecule has 18 heavy (non-hydrogen) atoms. The molecule has 0 unspecified atom stereocenters.